The number of esters is 1. The van der Waals surface area contributed by atoms with Gasteiger partial charge in [-0.2, -0.15) is 0 Å². The van der Waals surface area contributed by atoms with Crippen LogP contribution in [-0.4, -0.2) is 67.4 Å². The molecule has 1 spiro atoms. The summed E-state index contributed by atoms with van der Waals surface area (Å²) in [6, 6.07) is 33.6. The first-order chi connectivity index (χ1) is 28.2. The number of carbonyl (C=O) groups is 4. The lowest BCUT2D eigenvalue weighted by atomic mass is 9.65. The van der Waals surface area contributed by atoms with Gasteiger partial charge in [0, 0.05) is 18.2 Å². The van der Waals surface area contributed by atoms with Crippen LogP contribution >= 0.6 is 0 Å². The third-order valence-electron chi connectivity index (χ3n) is 11.1. The number of ether oxygens (including phenoxy) is 4. The van der Waals surface area contributed by atoms with E-state index < -0.39 is 59.4 Å². The van der Waals surface area contributed by atoms with Crippen LogP contribution in [0.4, 0.5) is 10.5 Å². The van der Waals surface area contributed by atoms with Crippen LogP contribution in [0.25, 0.3) is 0 Å². The Bertz CT molecular complexity index is 2430. The molecule has 3 heterocycles. The number of cyclic esters (lactones) is 1. The molecule has 3 amide bonds. The number of methoxy groups -OCH3 is 2. The first-order valence-corrected chi connectivity index (χ1v) is 18.7. The maximum Gasteiger partial charge on any atom is 0.421 e. The molecule has 12 heteroatoms. The van der Waals surface area contributed by atoms with Gasteiger partial charge in [0.15, 0.2) is 0 Å². The van der Waals surface area contributed by atoms with Gasteiger partial charge in [-0.05, 0) is 76.9 Å². The minimum atomic E-state index is -2.03. The van der Waals surface area contributed by atoms with Crippen molar-refractivity contribution < 1.29 is 43.2 Å². The Kier molecular flexibility index (Phi) is 10.2. The van der Waals surface area contributed by atoms with Crippen molar-refractivity contribution in [2.24, 2.45) is 11.7 Å². The highest BCUT2D eigenvalue weighted by Crippen LogP contribution is 2.65. The van der Waals surface area contributed by atoms with E-state index in [0.717, 1.165) is 10.5 Å². The van der Waals surface area contributed by atoms with Gasteiger partial charge in [0.2, 0.25) is 11.8 Å². The maximum absolute atomic E-state index is 15.7. The van der Waals surface area contributed by atoms with E-state index in [4.69, 9.17) is 24.7 Å². The number of aromatic hydroxyl groups is 1. The summed E-state index contributed by atoms with van der Waals surface area (Å²) in [4.78, 5) is 61.6. The molecule has 3 aliphatic heterocycles. The van der Waals surface area contributed by atoms with Gasteiger partial charge in [0.25, 0.3) is 0 Å². The van der Waals surface area contributed by atoms with Gasteiger partial charge in [0.1, 0.15) is 35.7 Å². The summed E-state index contributed by atoms with van der Waals surface area (Å²) in [5.74, 6) is 2.81. The van der Waals surface area contributed by atoms with Crippen molar-refractivity contribution in [3.8, 4) is 23.3 Å². The van der Waals surface area contributed by atoms with E-state index in [0.29, 0.717) is 28.0 Å². The molecule has 58 heavy (non-hydrogen) atoms. The molecule has 8 rings (SSSR count). The Morgan fingerprint density at radius 1 is 0.776 bits per heavy atom. The highest BCUT2D eigenvalue weighted by molar-refractivity contribution is 6.23. The number of anilines is 1. The fourth-order valence-corrected chi connectivity index (χ4v) is 8.75. The van der Waals surface area contributed by atoms with Crippen molar-refractivity contribution in [1.82, 2.24) is 4.90 Å². The molecule has 5 aromatic carbocycles. The molecule has 6 unspecified atom stereocenters. The van der Waals surface area contributed by atoms with Crippen LogP contribution in [0.1, 0.15) is 51.6 Å². The molecule has 3 N–H and O–H groups in total. The number of hydrogen-bond acceptors (Lipinski definition) is 10. The summed E-state index contributed by atoms with van der Waals surface area (Å²) in [6.45, 7) is -0.101. The van der Waals surface area contributed by atoms with Crippen molar-refractivity contribution in [3.05, 3.63) is 161 Å². The molecular weight excluding hydrogens is 739 g/mol. The molecule has 292 valence electrons. The van der Waals surface area contributed by atoms with Gasteiger partial charge in [-0.25, -0.2) is 9.69 Å². The van der Waals surface area contributed by atoms with Crippen molar-refractivity contribution in [2.75, 3.05) is 32.3 Å². The number of hydrogen-bond donors (Lipinski definition) is 2. The zero-order valence-corrected chi connectivity index (χ0v) is 31.6. The summed E-state index contributed by atoms with van der Waals surface area (Å²) in [7, 11) is 3.02. The van der Waals surface area contributed by atoms with Crippen LogP contribution in [0.15, 0.2) is 127 Å². The first kappa shape index (κ1) is 38.0. The average molecular weight is 778 g/mol. The number of rotatable bonds is 8. The van der Waals surface area contributed by atoms with E-state index in [9.17, 15) is 19.5 Å². The van der Waals surface area contributed by atoms with E-state index in [2.05, 4.69) is 11.8 Å². The lowest BCUT2D eigenvalue weighted by molar-refractivity contribution is -0.178. The number of amides is 3. The number of primary amides is 1. The summed E-state index contributed by atoms with van der Waals surface area (Å²) in [5.41, 5.74) is 7.78. The Balaban J connectivity index is 1.41. The zero-order valence-electron chi connectivity index (χ0n) is 31.6. The Hall–Kier alpha value is -6.94. The molecule has 3 aliphatic rings. The minimum Gasteiger partial charge on any atom is -0.508 e. The number of nitrogens with zero attached hydrogens (tertiary/aromatic N) is 2. The van der Waals surface area contributed by atoms with E-state index in [-0.39, 0.29) is 30.2 Å². The van der Waals surface area contributed by atoms with E-state index in [1.165, 1.54) is 19.2 Å². The molecule has 2 fully saturated rings. The molecule has 6 atom stereocenters. The molecule has 0 radical (unpaired) electrons. The van der Waals surface area contributed by atoms with Crippen molar-refractivity contribution >= 4 is 29.6 Å². The Morgan fingerprint density at radius 3 is 2.05 bits per heavy atom. The zero-order chi connectivity index (χ0) is 40.6. The lowest BCUT2D eigenvalue weighted by Crippen LogP contribution is -2.55. The van der Waals surface area contributed by atoms with Crippen LogP contribution in [0.3, 0.4) is 0 Å². The summed E-state index contributed by atoms with van der Waals surface area (Å²) in [6.07, 6.45) is -1.90. The van der Waals surface area contributed by atoms with Gasteiger partial charge in [-0.15, -0.1) is 0 Å². The second-order valence-corrected chi connectivity index (χ2v) is 14.2. The molecule has 2 saturated heterocycles. The molecule has 0 bridgehead atoms. The quantitative estimate of drug-likeness (QED) is 0.113. The van der Waals surface area contributed by atoms with Crippen molar-refractivity contribution in [2.45, 2.75) is 29.6 Å². The smallest absolute Gasteiger partial charge is 0.421 e. The van der Waals surface area contributed by atoms with Crippen LogP contribution in [0.2, 0.25) is 0 Å². The number of phenolic OH excluding ortho intramolecular Hbond substituents is 1. The van der Waals surface area contributed by atoms with Crippen molar-refractivity contribution in [3.63, 3.8) is 0 Å². The van der Waals surface area contributed by atoms with Crippen LogP contribution in [0, 0.1) is 17.8 Å². The highest BCUT2D eigenvalue weighted by atomic mass is 16.6. The third kappa shape index (κ3) is 6.31. The largest absolute Gasteiger partial charge is 0.508 e. The number of nitrogens with two attached hydrogens (primary N) is 1. The molecule has 0 aliphatic carbocycles. The van der Waals surface area contributed by atoms with Gasteiger partial charge in [0.05, 0.1) is 37.4 Å². The normalized spacial score (nSPS) is 23.3. The fourth-order valence-electron chi connectivity index (χ4n) is 8.75. The number of carbonyl (C=O) groups excluding carboxylic acids is 4. The number of morpholine rings is 1. The SMILES string of the molecule is COCCOC(=O)N1C(=O)C2(c3cc(C#Cc4ccc(OC)cc4)ccc31)C(C(N)=O)C1C(=O)OC(c3ccccc3)C(c3ccccc3)N1C2c1ccc(O)cc1. The van der Waals surface area contributed by atoms with Gasteiger partial charge in [-0.3, -0.25) is 19.3 Å². The number of imide groups is 1. The third-order valence-corrected chi connectivity index (χ3v) is 11.1. The molecule has 0 aromatic heterocycles. The molecule has 0 saturated carbocycles. The second-order valence-electron chi connectivity index (χ2n) is 14.2. The molecule has 12 nitrogen and oxygen atoms in total. The standard InChI is InChI=1S/C46H39N3O9/c1-55-25-26-57-45(54)48-36-24-17-29(14-13-28-15-22-34(56-2)23-16-28)27-35(36)46(44(48)53)37(42(47)51)39-43(52)58-40(31-11-7-4-8-12-31)38(30-9-5-3-6-10-30)49(39)41(46)32-18-20-33(50)21-19-32/h3-12,15-24,27,37-41,50H,25-26H2,1-2H3,(H2,47,51). The summed E-state index contributed by atoms with van der Waals surface area (Å²) < 4.78 is 22.3. The second kappa shape index (κ2) is 15.5. The fraction of sp³-hybridized carbons (Fsp3) is 0.217. The maximum atomic E-state index is 15.7. The first-order valence-electron chi connectivity index (χ1n) is 18.7. The van der Waals surface area contributed by atoms with Crippen LogP contribution in [-0.2, 0) is 34.0 Å². The Labute approximate surface area is 334 Å². The average Bonchev–Trinajstić information content (AvgIpc) is 3.70. The van der Waals surface area contributed by atoms with E-state index >= 15 is 4.79 Å². The summed E-state index contributed by atoms with van der Waals surface area (Å²) in [5, 5.41) is 10.5. The van der Waals surface area contributed by atoms with Gasteiger partial charge in [-0.1, -0.05) is 84.6 Å². The summed E-state index contributed by atoms with van der Waals surface area (Å²) >= 11 is 0. The Morgan fingerprint density at radius 2 is 1.41 bits per heavy atom. The minimum absolute atomic E-state index is 0.0452. The highest BCUT2D eigenvalue weighted by Gasteiger charge is 2.75. The van der Waals surface area contributed by atoms with Crippen molar-refractivity contribution in [1.29, 1.82) is 0 Å². The molecule has 5 aromatic rings. The molecular formula is C46H39N3O9. The van der Waals surface area contributed by atoms with E-state index in [1.807, 2.05) is 65.6 Å². The van der Waals surface area contributed by atoms with Gasteiger partial charge < -0.3 is 29.8 Å². The predicted molar refractivity (Wildman–Crippen MR) is 211 cm³/mol. The number of benzene rings is 5. The van der Waals surface area contributed by atoms with Crippen LogP contribution in [0.5, 0.6) is 11.5 Å². The topological polar surface area (TPSA) is 158 Å². The van der Waals surface area contributed by atoms with Crippen LogP contribution < -0.4 is 15.4 Å². The predicted octanol–water partition coefficient (Wildman–Crippen LogP) is 5.73. The monoisotopic (exact) mass is 777 g/mol. The number of phenols is 1. The van der Waals surface area contributed by atoms with Gasteiger partial charge >= 0.3 is 12.1 Å². The number of fused-ring (bicyclic) bond motifs is 3. The lowest BCUT2D eigenvalue weighted by Gasteiger charge is -2.46. The van der Waals surface area contributed by atoms with E-state index in [1.54, 1.807) is 61.7 Å².